The van der Waals surface area contributed by atoms with E-state index in [2.05, 4.69) is 20.9 Å². The number of ether oxygens (including phenoxy) is 1. The second-order valence-electron chi connectivity index (χ2n) is 7.08. The molecule has 29 heavy (non-hydrogen) atoms. The first-order chi connectivity index (χ1) is 14.0. The molecule has 10 nitrogen and oxygen atoms in total. The maximum Gasteiger partial charge on any atom is 0.407 e. The van der Waals surface area contributed by atoms with E-state index in [1.54, 1.807) is 19.1 Å². The van der Waals surface area contributed by atoms with E-state index in [9.17, 15) is 14.0 Å². The molecule has 0 radical (unpaired) electrons. The fraction of sp³-hybridized carbons (Fsp3) is 0.444. The minimum Gasteiger partial charge on any atom is -0.443 e. The number of halogens is 1. The van der Waals surface area contributed by atoms with E-state index in [1.165, 1.54) is 9.91 Å². The van der Waals surface area contributed by atoms with Gasteiger partial charge in [-0.2, -0.15) is 0 Å². The van der Waals surface area contributed by atoms with Gasteiger partial charge in [-0.3, -0.25) is 15.1 Å². The topological polar surface area (TPSA) is 113 Å². The lowest BCUT2D eigenvalue weighted by Gasteiger charge is -2.39. The van der Waals surface area contributed by atoms with E-state index in [0.29, 0.717) is 12.1 Å². The van der Waals surface area contributed by atoms with Crippen LogP contribution in [0.15, 0.2) is 41.1 Å². The molecule has 2 aliphatic rings. The molecule has 2 amide bonds. The number of nitrogens with zero attached hydrogens (tertiary/aromatic N) is 4. The van der Waals surface area contributed by atoms with Crippen molar-refractivity contribution in [1.82, 2.24) is 25.9 Å². The van der Waals surface area contributed by atoms with Crippen LogP contribution in [0.3, 0.4) is 0 Å². The number of alkyl carbamates (subject to hydrolysis) is 1. The maximum absolute atomic E-state index is 14.6. The van der Waals surface area contributed by atoms with Gasteiger partial charge in [0.2, 0.25) is 12.3 Å². The van der Waals surface area contributed by atoms with Crippen molar-refractivity contribution in [2.45, 2.75) is 24.7 Å². The Morgan fingerprint density at radius 2 is 2.14 bits per heavy atom. The number of benzene rings is 1. The molecule has 3 heterocycles. The van der Waals surface area contributed by atoms with Crippen LogP contribution in [-0.4, -0.2) is 65.8 Å². The van der Waals surface area contributed by atoms with Gasteiger partial charge in [0.25, 0.3) is 0 Å². The van der Waals surface area contributed by atoms with Crippen LogP contribution in [0.2, 0.25) is 0 Å². The van der Waals surface area contributed by atoms with Crippen LogP contribution in [0.5, 0.6) is 0 Å². The molecule has 2 aliphatic heterocycles. The van der Waals surface area contributed by atoms with Gasteiger partial charge in [-0.15, -0.1) is 5.10 Å². The van der Waals surface area contributed by atoms with Gasteiger partial charge in [0.1, 0.15) is 11.5 Å². The summed E-state index contributed by atoms with van der Waals surface area (Å²) in [5.74, 6) is -0.386. The number of rotatable bonds is 5. The van der Waals surface area contributed by atoms with E-state index in [1.807, 2.05) is 18.2 Å². The Hall–Kier alpha value is -3.21. The lowest BCUT2D eigenvalue weighted by atomic mass is 9.76. The normalized spacial score (nSPS) is 24.5. The van der Waals surface area contributed by atoms with Crippen LogP contribution in [0.4, 0.5) is 15.2 Å². The maximum atomic E-state index is 14.6. The third-order valence-corrected chi connectivity index (χ3v) is 5.34. The molecule has 0 spiro atoms. The number of hydrazine groups is 1. The van der Waals surface area contributed by atoms with Gasteiger partial charge in [-0.05, 0) is 12.5 Å². The van der Waals surface area contributed by atoms with Gasteiger partial charge in [-0.1, -0.05) is 35.4 Å². The highest BCUT2D eigenvalue weighted by atomic mass is 19.1. The second-order valence-corrected chi connectivity index (χ2v) is 7.08. The van der Waals surface area contributed by atoms with E-state index >= 15 is 0 Å². The highest BCUT2D eigenvalue weighted by Crippen LogP contribution is 2.32. The Balaban J connectivity index is 1.49. The standard InChI is InChI=1S/C18H21FN6O4/c1-18(12-5-3-2-4-6-12,13-9-20-17(27)29-13)15(26)23-24-7-8-25(14(19)10-24)16-22-21-11-28-16/h2-6,11,13-14H,7-10H2,1H3,(H,20,27)(H,23,26). The molecule has 11 heteroatoms. The molecule has 0 aliphatic carbocycles. The van der Waals surface area contributed by atoms with Crippen molar-refractivity contribution in [2.24, 2.45) is 0 Å². The van der Waals surface area contributed by atoms with Crippen LogP contribution < -0.4 is 15.6 Å². The van der Waals surface area contributed by atoms with Gasteiger partial charge in [-0.25, -0.2) is 14.2 Å². The zero-order valence-electron chi connectivity index (χ0n) is 15.7. The van der Waals surface area contributed by atoms with Crippen LogP contribution in [0.1, 0.15) is 12.5 Å². The minimum atomic E-state index is -1.43. The summed E-state index contributed by atoms with van der Waals surface area (Å²) >= 11 is 0. The summed E-state index contributed by atoms with van der Waals surface area (Å²) in [6.07, 6.45) is -1.56. The number of anilines is 1. The first-order valence-corrected chi connectivity index (χ1v) is 9.21. The van der Waals surface area contributed by atoms with Crippen LogP contribution >= 0.6 is 0 Å². The Morgan fingerprint density at radius 1 is 1.34 bits per heavy atom. The third-order valence-electron chi connectivity index (χ3n) is 5.34. The molecule has 3 atom stereocenters. The van der Waals surface area contributed by atoms with Crippen LogP contribution in [0, 0.1) is 0 Å². The number of cyclic esters (lactones) is 1. The Labute approximate surface area is 166 Å². The van der Waals surface area contributed by atoms with Crippen molar-refractivity contribution in [3.8, 4) is 0 Å². The van der Waals surface area contributed by atoms with Gasteiger partial charge >= 0.3 is 12.1 Å². The largest absolute Gasteiger partial charge is 0.443 e. The Morgan fingerprint density at radius 3 is 2.76 bits per heavy atom. The second kappa shape index (κ2) is 7.66. The molecule has 154 valence electrons. The summed E-state index contributed by atoms with van der Waals surface area (Å²) in [7, 11) is 0. The number of piperazine rings is 1. The van der Waals surface area contributed by atoms with Crippen molar-refractivity contribution in [3.63, 3.8) is 0 Å². The average molecular weight is 404 g/mol. The number of amides is 2. The summed E-state index contributed by atoms with van der Waals surface area (Å²) < 4.78 is 25.0. The number of nitrogens with one attached hydrogen (secondary N) is 2. The lowest BCUT2D eigenvalue weighted by Crippen LogP contribution is -2.61. The summed E-state index contributed by atoms with van der Waals surface area (Å²) in [6.45, 7) is 2.44. The predicted molar refractivity (Wildman–Crippen MR) is 98.3 cm³/mol. The molecule has 2 saturated heterocycles. The number of carbonyl (C=O) groups excluding carboxylic acids is 2. The van der Waals surface area contributed by atoms with Gasteiger partial charge in [0, 0.05) is 13.1 Å². The monoisotopic (exact) mass is 404 g/mol. The predicted octanol–water partition coefficient (Wildman–Crippen LogP) is 0.585. The van der Waals surface area contributed by atoms with Crippen molar-refractivity contribution in [2.75, 3.05) is 31.1 Å². The first kappa shape index (κ1) is 19.1. The first-order valence-electron chi connectivity index (χ1n) is 9.21. The molecule has 1 aromatic carbocycles. The molecule has 2 fully saturated rings. The van der Waals surface area contributed by atoms with Crippen LogP contribution in [-0.2, 0) is 14.9 Å². The molecular weight excluding hydrogens is 383 g/mol. The summed E-state index contributed by atoms with van der Waals surface area (Å²) in [6, 6.07) is 9.17. The van der Waals surface area contributed by atoms with Crippen LogP contribution in [0.25, 0.3) is 0 Å². The molecule has 2 aromatic rings. The molecule has 0 bridgehead atoms. The number of alkyl halides is 1. The van der Waals surface area contributed by atoms with E-state index < -0.39 is 23.9 Å². The smallest absolute Gasteiger partial charge is 0.407 e. The molecule has 0 saturated carbocycles. The third kappa shape index (κ3) is 3.60. The lowest BCUT2D eigenvalue weighted by molar-refractivity contribution is -0.135. The minimum absolute atomic E-state index is 0.0817. The Kier molecular flexibility index (Phi) is 5.05. The highest BCUT2D eigenvalue weighted by Gasteiger charge is 2.48. The fourth-order valence-electron chi connectivity index (χ4n) is 3.57. The summed E-state index contributed by atoms with van der Waals surface area (Å²) in [5, 5.41) is 11.4. The average Bonchev–Trinajstić information content (AvgIpc) is 3.40. The number of hydrogen-bond acceptors (Lipinski definition) is 8. The molecule has 1 aromatic heterocycles. The quantitative estimate of drug-likeness (QED) is 0.696. The van der Waals surface area contributed by atoms with E-state index in [-0.39, 0.29) is 31.6 Å². The van der Waals surface area contributed by atoms with Crippen molar-refractivity contribution >= 4 is 18.0 Å². The summed E-state index contributed by atoms with van der Waals surface area (Å²) in [4.78, 5) is 26.2. The fourth-order valence-corrected chi connectivity index (χ4v) is 3.57. The van der Waals surface area contributed by atoms with E-state index in [4.69, 9.17) is 9.15 Å². The molecule has 4 rings (SSSR count). The van der Waals surface area contributed by atoms with Crippen molar-refractivity contribution < 1.29 is 23.1 Å². The van der Waals surface area contributed by atoms with Crippen molar-refractivity contribution in [3.05, 3.63) is 42.3 Å². The Bertz CT molecular complexity index is 867. The zero-order chi connectivity index (χ0) is 20.4. The summed E-state index contributed by atoms with van der Waals surface area (Å²) in [5.41, 5.74) is 2.33. The van der Waals surface area contributed by atoms with Crippen molar-refractivity contribution in [1.29, 1.82) is 0 Å². The molecule has 3 unspecified atom stereocenters. The number of carbonyl (C=O) groups is 2. The van der Waals surface area contributed by atoms with E-state index in [0.717, 1.165) is 6.39 Å². The zero-order valence-corrected chi connectivity index (χ0v) is 15.7. The molecular formula is C18H21FN6O4. The van der Waals surface area contributed by atoms with Gasteiger partial charge < -0.3 is 14.5 Å². The number of aromatic nitrogens is 2. The van der Waals surface area contributed by atoms with Gasteiger partial charge in [0.15, 0.2) is 6.30 Å². The highest BCUT2D eigenvalue weighted by molar-refractivity contribution is 5.89. The van der Waals surface area contributed by atoms with Gasteiger partial charge in [0.05, 0.1) is 13.1 Å². The SMILES string of the molecule is CC(C(=O)NN1CCN(c2nnco2)C(F)C1)(c1ccccc1)C1CNC(=O)O1. The number of hydrogen-bond donors (Lipinski definition) is 2. The molecule has 2 N–H and O–H groups in total.